The van der Waals surface area contributed by atoms with E-state index < -0.39 is 0 Å². The Labute approximate surface area is 110 Å². The van der Waals surface area contributed by atoms with Gasteiger partial charge < -0.3 is 0 Å². The summed E-state index contributed by atoms with van der Waals surface area (Å²) in [6.07, 6.45) is 22.4. The van der Waals surface area contributed by atoms with Crippen LogP contribution in [0.4, 0.5) is 0 Å². The lowest BCUT2D eigenvalue weighted by molar-refractivity contribution is 0.557. The van der Waals surface area contributed by atoms with E-state index in [1.165, 1.54) is 70.6 Å². The molecule has 0 aromatic rings. The molecular formula is C17H33. The predicted molar refractivity (Wildman–Crippen MR) is 80.2 cm³/mol. The lowest BCUT2D eigenvalue weighted by atomic mass is 10.1. The molecule has 0 nitrogen and oxygen atoms in total. The van der Waals surface area contributed by atoms with Gasteiger partial charge in [0, 0.05) is 0 Å². The molecular weight excluding hydrogens is 204 g/mol. The molecule has 0 bridgehead atoms. The molecule has 0 aromatic carbocycles. The minimum Gasteiger partial charge on any atom is -0.0885 e. The summed E-state index contributed by atoms with van der Waals surface area (Å²) in [5, 5.41) is 0. The quantitative estimate of drug-likeness (QED) is 0.254. The van der Waals surface area contributed by atoms with E-state index >= 15 is 0 Å². The average Bonchev–Trinajstić information content (AvgIpc) is 2.35. The highest BCUT2D eigenvalue weighted by Crippen LogP contribution is 2.11. The third-order valence-electron chi connectivity index (χ3n) is 3.26. The van der Waals surface area contributed by atoms with Crippen LogP contribution < -0.4 is 0 Å². The Morgan fingerprint density at radius 2 is 1.12 bits per heavy atom. The first kappa shape index (κ1) is 16.7. The highest BCUT2D eigenvalue weighted by molar-refractivity contribution is 4.81. The van der Waals surface area contributed by atoms with Gasteiger partial charge in [-0.15, -0.1) is 0 Å². The topological polar surface area (TPSA) is 0 Å². The molecule has 0 rings (SSSR count). The third kappa shape index (κ3) is 15.7. The van der Waals surface area contributed by atoms with Gasteiger partial charge in [-0.1, -0.05) is 83.8 Å². The number of hydrogen-bond acceptors (Lipinski definition) is 0. The summed E-state index contributed by atoms with van der Waals surface area (Å²) in [6, 6.07) is 0. The largest absolute Gasteiger partial charge is 0.0885 e. The number of allylic oxidation sites excluding steroid dienone is 2. The van der Waals surface area contributed by atoms with E-state index in [1.54, 1.807) is 0 Å². The van der Waals surface area contributed by atoms with Gasteiger partial charge in [-0.05, 0) is 25.7 Å². The van der Waals surface area contributed by atoms with Gasteiger partial charge in [0.15, 0.2) is 0 Å². The Morgan fingerprint density at radius 1 is 0.647 bits per heavy atom. The Hall–Kier alpha value is -0.260. The van der Waals surface area contributed by atoms with Gasteiger partial charge in [0.25, 0.3) is 0 Å². The van der Waals surface area contributed by atoms with Crippen LogP contribution in [0.1, 0.15) is 90.4 Å². The Bertz CT molecular complexity index is 146. The fourth-order valence-corrected chi connectivity index (χ4v) is 2.10. The number of hydrogen-bond donors (Lipinski definition) is 0. The summed E-state index contributed by atoms with van der Waals surface area (Å²) >= 11 is 0. The van der Waals surface area contributed by atoms with Gasteiger partial charge >= 0.3 is 0 Å². The highest BCUT2D eigenvalue weighted by atomic mass is 14.0. The minimum atomic E-state index is 1.04. The summed E-state index contributed by atoms with van der Waals surface area (Å²) in [5.74, 6) is 0. The lowest BCUT2D eigenvalue weighted by Gasteiger charge is -2.01. The standard InChI is InChI=1S/C17H33/c1-3-5-7-9-11-13-15-17-16-14-12-10-8-6-4-2/h7,9H,1,3-6,8,10-17H2,2H3/b9-7-. The zero-order chi connectivity index (χ0) is 12.6. The average molecular weight is 237 g/mol. The van der Waals surface area contributed by atoms with Crippen molar-refractivity contribution < 1.29 is 0 Å². The summed E-state index contributed by atoms with van der Waals surface area (Å²) in [4.78, 5) is 0. The SMILES string of the molecule is [CH2]CC/C=C\CCCCCCCCCCCC. The molecule has 1 radical (unpaired) electrons. The zero-order valence-corrected chi connectivity index (χ0v) is 12.1. The van der Waals surface area contributed by atoms with Crippen LogP contribution in [-0.4, -0.2) is 0 Å². The Kier molecular flexibility index (Phi) is 15.5. The summed E-state index contributed by atoms with van der Waals surface area (Å²) < 4.78 is 0. The molecule has 0 saturated carbocycles. The van der Waals surface area contributed by atoms with E-state index in [0.717, 1.165) is 12.8 Å². The van der Waals surface area contributed by atoms with Crippen LogP contribution in [0.25, 0.3) is 0 Å². The predicted octanol–water partition coefficient (Wildman–Crippen LogP) is 6.47. The number of unbranched alkanes of at least 4 members (excludes halogenated alkanes) is 11. The fraction of sp³-hybridized carbons (Fsp3) is 0.824. The molecule has 0 aliphatic rings. The van der Waals surface area contributed by atoms with Gasteiger partial charge in [-0.3, -0.25) is 0 Å². The van der Waals surface area contributed by atoms with Crippen LogP contribution in [0.3, 0.4) is 0 Å². The molecule has 0 atom stereocenters. The maximum atomic E-state index is 3.83. The van der Waals surface area contributed by atoms with Crippen molar-refractivity contribution in [3.63, 3.8) is 0 Å². The van der Waals surface area contributed by atoms with Crippen molar-refractivity contribution in [2.75, 3.05) is 0 Å². The van der Waals surface area contributed by atoms with Gasteiger partial charge in [0.2, 0.25) is 0 Å². The minimum absolute atomic E-state index is 1.04. The molecule has 0 unspecified atom stereocenters. The highest BCUT2D eigenvalue weighted by Gasteiger charge is 1.91. The van der Waals surface area contributed by atoms with E-state index in [2.05, 4.69) is 26.0 Å². The smallest absolute Gasteiger partial charge is 0.0351 e. The van der Waals surface area contributed by atoms with E-state index in [1.807, 2.05) is 0 Å². The first-order valence-electron chi connectivity index (χ1n) is 7.86. The second-order valence-electron chi connectivity index (χ2n) is 5.08. The summed E-state index contributed by atoms with van der Waals surface area (Å²) in [5.41, 5.74) is 0. The summed E-state index contributed by atoms with van der Waals surface area (Å²) in [6.45, 7) is 6.11. The number of rotatable bonds is 13. The van der Waals surface area contributed by atoms with Crippen molar-refractivity contribution in [2.45, 2.75) is 90.4 Å². The van der Waals surface area contributed by atoms with Crippen LogP contribution >= 0.6 is 0 Å². The molecule has 0 heteroatoms. The maximum Gasteiger partial charge on any atom is -0.0351 e. The lowest BCUT2D eigenvalue weighted by Crippen LogP contribution is -1.81. The van der Waals surface area contributed by atoms with Gasteiger partial charge in [0.1, 0.15) is 0 Å². The molecule has 0 fully saturated rings. The van der Waals surface area contributed by atoms with Crippen molar-refractivity contribution in [3.8, 4) is 0 Å². The Balaban J connectivity index is 2.94. The van der Waals surface area contributed by atoms with Crippen LogP contribution in [0.15, 0.2) is 12.2 Å². The fourth-order valence-electron chi connectivity index (χ4n) is 2.10. The normalized spacial score (nSPS) is 11.4. The molecule has 0 N–H and O–H groups in total. The van der Waals surface area contributed by atoms with Crippen LogP contribution in [-0.2, 0) is 0 Å². The first-order valence-corrected chi connectivity index (χ1v) is 7.86. The molecule has 0 saturated heterocycles. The second-order valence-corrected chi connectivity index (χ2v) is 5.08. The molecule has 0 spiro atoms. The van der Waals surface area contributed by atoms with Crippen molar-refractivity contribution in [1.29, 1.82) is 0 Å². The molecule has 17 heavy (non-hydrogen) atoms. The molecule has 0 aromatic heterocycles. The van der Waals surface area contributed by atoms with Gasteiger partial charge in [-0.25, -0.2) is 0 Å². The van der Waals surface area contributed by atoms with E-state index in [9.17, 15) is 0 Å². The first-order chi connectivity index (χ1) is 8.41. The monoisotopic (exact) mass is 237 g/mol. The maximum absolute atomic E-state index is 3.83. The zero-order valence-electron chi connectivity index (χ0n) is 12.1. The third-order valence-corrected chi connectivity index (χ3v) is 3.26. The van der Waals surface area contributed by atoms with E-state index in [4.69, 9.17) is 0 Å². The molecule has 0 amide bonds. The van der Waals surface area contributed by atoms with Crippen LogP contribution in [0.5, 0.6) is 0 Å². The molecule has 0 heterocycles. The van der Waals surface area contributed by atoms with Crippen molar-refractivity contribution in [2.24, 2.45) is 0 Å². The van der Waals surface area contributed by atoms with E-state index in [-0.39, 0.29) is 0 Å². The molecule has 0 aliphatic carbocycles. The van der Waals surface area contributed by atoms with Gasteiger partial charge in [-0.2, -0.15) is 0 Å². The second kappa shape index (κ2) is 15.7. The van der Waals surface area contributed by atoms with Crippen molar-refractivity contribution >= 4 is 0 Å². The molecule has 101 valence electrons. The molecule has 0 aliphatic heterocycles. The van der Waals surface area contributed by atoms with Crippen LogP contribution in [0, 0.1) is 6.92 Å². The van der Waals surface area contributed by atoms with Crippen LogP contribution in [0.2, 0.25) is 0 Å². The Morgan fingerprint density at radius 3 is 1.65 bits per heavy atom. The van der Waals surface area contributed by atoms with E-state index in [0.29, 0.717) is 0 Å². The van der Waals surface area contributed by atoms with Crippen molar-refractivity contribution in [3.05, 3.63) is 19.1 Å². The summed E-state index contributed by atoms with van der Waals surface area (Å²) in [7, 11) is 0. The van der Waals surface area contributed by atoms with Crippen molar-refractivity contribution in [1.82, 2.24) is 0 Å². The van der Waals surface area contributed by atoms with Gasteiger partial charge in [0.05, 0.1) is 0 Å².